The second-order valence-electron chi connectivity index (χ2n) is 8.31. The molecule has 0 aliphatic carbocycles. The van der Waals surface area contributed by atoms with Gasteiger partial charge >= 0.3 is 0 Å². The Balaban J connectivity index is 1.41. The van der Waals surface area contributed by atoms with Gasteiger partial charge in [-0.1, -0.05) is 6.07 Å². The number of fused-ring (bicyclic) bond motifs is 1. The number of rotatable bonds is 4. The molecule has 31 heavy (non-hydrogen) atoms. The molecule has 0 N–H and O–H groups in total. The van der Waals surface area contributed by atoms with Crippen LogP contribution >= 0.6 is 0 Å². The predicted molar refractivity (Wildman–Crippen MR) is 116 cm³/mol. The lowest BCUT2D eigenvalue weighted by Crippen LogP contribution is -2.41. The zero-order valence-corrected chi connectivity index (χ0v) is 17.6. The number of ether oxygens (including phenoxy) is 1. The monoisotopic (exact) mass is 423 g/mol. The van der Waals surface area contributed by atoms with E-state index in [1.165, 1.54) is 6.07 Å². The van der Waals surface area contributed by atoms with Gasteiger partial charge in [0.05, 0.1) is 31.0 Å². The van der Waals surface area contributed by atoms with Crippen LogP contribution in [0.1, 0.15) is 25.3 Å². The molecule has 2 fully saturated rings. The summed E-state index contributed by atoms with van der Waals surface area (Å²) in [6, 6.07) is 6.63. The van der Waals surface area contributed by atoms with Crippen LogP contribution in [0.4, 0.5) is 10.2 Å². The molecule has 1 amide bonds. The number of likely N-dealkylation sites (tertiary alicyclic amines) is 1. The van der Waals surface area contributed by atoms with E-state index >= 15 is 0 Å². The molecular formula is C23H26FN5O2. The van der Waals surface area contributed by atoms with E-state index in [-0.39, 0.29) is 24.2 Å². The first-order valence-electron chi connectivity index (χ1n) is 10.9. The summed E-state index contributed by atoms with van der Waals surface area (Å²) in [6.45, 7) is 5.94. The first-order valence-corrected chi connectivity index (χ1v) is 10.9. The average molecular weight is 423 g/mol. The van der Waals surface area contributed by atoms with Crippen LogP contribution in [0.5, 0.6) is 0 Å². The van der Waals surface area contributed by atoms with Gasteiger partial charge in [0.25, 0.3) is 0 Å². The molecule has 2 aliphatic rings. The van der Waals surface area contributed by atoms with Crippen LogP contribution in [-0.4, -0.2) is 64.1 Å². The second kappa shape index (κ2) is 8.26. The number of halogens is 1. The molecule has 1 aromatic carbocycles. The van der Waals surface area contributed by atoms with Crippen molar-refractivity contribution in [2.24, 2.45) is 0 Å². The zero-order valence-electron chi connectivity index (χ0n) is 17.6. The number of hydrogen-bond acceptors (Lipinski definition) is 5. The third-order valence-electron chi connectivity index (χ3n) is 6.05. The smallest absolute Gasteiger partial charge is 0.235 e. The van der Waals surface area contributed by atoms with E-state index in [0.717, 1.165) is 50.4 Å². The molecule has 162 valence electrons. The van der Waals surface area contributed by atoms with Crippen LogP contribution in [0, 0.1) is 5.82 Å². The lowest BCUT2D eigenvalue weighted by atomic mass is 10.0. The van der Waals surface area contributed by atoms with E-state index in [1.54, 1.807) is 24.4 Å². The van der Waals surface area contributed by atoms with E-state index in [0.29, 0.717) is 23.6 Å². The number of hydrogen-bond donors (Lipinski definition) is 0. The molecule has 7 nitrogen and oxygen atoms in total. The van der Waals surface area contributed by atoms with E-state index in [4.69, 9.17) is 4.74 Å². The third-order valence-corrected chi connectivity index (χ3v) is 6.05. The fraction of sp³-hybridized carbons (Fsp3) is 0.435. The normalized spacial score (nSPS) is 19.4. The van der Waals surface area contributed by atoms with Crippen molar-refractivity contribution in [1.29, 1.82) is 0 Å². The van der Waals surface area contributed by atoms with Crippen molar-refractivity contribution in [1.82, 2.24) is 19.3 Å². The lowest BCUT2D eigenvalue weighted by molar-refractivity contribution is -0.129. The summed E-state index contributed by atoms with van der Waals surface area (Å²) in [5.74, 6) is 1.21. The number of nitrogens with zero attached hydrogens (tertiary/aromatic N) is 5. The first kappa shape index (κ1) is 19.9. The summed E-state index contributed by atoms with van der Waals surface area (Å²) in [4.78, 5) is 25.6. The van der Waals surface area contributed by atoms with Crippen molar-refractivity contribution >= 4 is 17.5 Å². The Bertz CT molecular complexity index is 1110. The standard InChI is InChI=1S/C23H26FN5O2/c1-16-15-28(10-11-31-16)21-14-25-23-26-20(6-9-29(21)23)18-12-17(4-5-19(18)24)13-22(30)27-7-2-3-8-27/h4-6,9,12,14,16H,2-3,7-8,10-11,13,15H2,1H3/t16-/m0/s1. The van der Waals surface area contributed by atoms with E-state index in [9.17, 15) is 9.18 Å². The molecule has 0 saturated carbocycles. The topological polar surface area (TPSA) is 63.0 Å². The second-order valence-corrected chi connectivity index (χ2v) is 8.31. The van der Waals surface area contributed by atoms with Gasteiger partial charge in [-0.25, -0.2) is 14.4 Å². The van der Waals surface area contributed by atoms with Crippen LogP contribution in [0.3, 0.4) is 0 Å². The average Bonchev–Trinajstić information content (AvgIpc) is 3.45. The van der Waals surface area contributed by atoms with Crippen molar-refractivity contribution in [2.75, 3.05) is 37.7 Å². The maximum absolute atomic E-state index is 14.6. The largest absolute Gasteiger partial charge is 0.375 e. The molecule has 2 aliphatic heterocycles. The quantitative estimate of drug-likeness (QED) is 0.646. The van der Waals surface area contributed by atoms with Crippen LogP contribution in [-0.2, 0) is 16.0 Å². The summed E-state index contributed by atoms with van der Waals surface area (Å²) < 4.78 is 22.2. The van der Waals surface area contributed by atoms with Gasteiger partial charge in [0.15, 0.2) is 0 Å². The minimum absolute atomic E-state index is 0.0936. The summed E-state index contributed by atoms with van der Waals surface area (Å²) in [5.41, 5.74) is 1.69. The summed E-state index contributed by atoms with van der Waals surface area (Å²) in [5, 5.41) is 0. The van der Waals surface area contributed by atoms with Gasteiger partial charge in [0.2, 0.25) is 11.7 Å². The molecule has 2 aromatic heterocycles. The highest BCUT2D eigenvalue weighted by molar-refractivity contribution is 5.79. The summed E-state index contributed by atoms with van der Waals surface area (Å²) >= 11 is 0. The highest BCUT2D eigenvalue weighted by Gasteiger charge is 2.21. The van der Waals surface area contributed by atoms with Gasteiger partial charge in [-0.15, -0.1) is 0 Å². The number of amides is 1. The van der Waals surface area contributed by atoms with E-state index in [1.807, 2.05) is 15.5 Å². The van der Waals surface area contributed by atoms with Crippen molar-refractivity contribution < 1.29 is 13.9 Å². The molecular weight excluding hydrogens is 397 g/mol. The van der Waals surface area contributed by atoms with Crippen LogP contribution in [0.15, 0.2) is 36.7 Å². The zero-order chi connectivity index (χ0) is 21.4. The molecule has 0 bridgehead atoms. The number of carbonyl (C=O) groups excluding carboxylic acids is 1. The Morgan fingerprint density at radius 2 is 2.06 bits per heavy atom. The Labute approximate surface area is 180 Å². The van der Waals surface area contributed by atoms with Gasteiger partial charge in [-0.2, -0.15) is 0 Å². The molecule has 2 saturated heterocycles. The molecule has 0 spiro atoms. The SMILES string of the molecule is C[C@H]1CN(c2cnc3nc(-c4cc(CC(=O)N5CCCC5)ccc4F)ccn23)CCO1. The van der Waals surface area contributed by atoms with Crippen molar-refractivity contribution in [3.8, 4) is 11.3 Å². The molecule has 0 radical (unpaired) electrons. The maximum atomic E-state index is 14.6. The van der Waals surface area contributed by atoms with Crippen LogP contribution < -0.4 is 4.90 Å². The molecule has 1 atom stereocenters. The Kier molecular flexibility index (Phi) is 5.31. The molecule has 0 unspecified atom stereocenters. The van der Waals surface area contributed by atoms with Crippen molar-refractivity contribution in [2.45, 2.75) is 32.3 Å². The Morgan fingerprint density at radius 3 is 2.87 bits per heavy atom. The third kappa shape index (κ3) is 3.99. The molecule has 5 rings (SSSR count). The summed E-state index contributed by atoms with van der Waals surface area (Å²) in [6.07, 6.45) is 6.22. The number of benzene rings is 1. The fourth-order valence-electron chi connectivity index (χ4n) is 4.40. The first-order chi connectivity index (χ1) is 15.1. The van der Waals surface area contributed by atoms with E-state index < -0.39 is 0 Å². The number of morpholine rings is 1. The number of imidazole rings is 1. The summed E-state index contributed by atoms with van der Waals surface area (Å²) in [7, 11) is 0. The van der Waals surface area contributed by atoms with Gasteiger partial charge < -0.3 is 14.5 Å². The molecule has 3 aromatic rings. The fourth-order valence-corrected chi connectivity index (χ4v) is 4.40. The van der Waals surface area contributed by atoms with Gasteiger partial charge in [0, 0.05) is 37.9 Å². The van der Waals surface area contributed by atoms with Crippen LogP contribution in [0.2, 0.25) is 0 Å². The highest BCUT2D eigenvalue weighted by Crippen LogP contribution is 2.26. The minimum atomic E-state index is -0.358. The lowest BCUT2D eigenvalue weighted by Gasteiger charge is -2.32. The maximum Gasteiger partial charge on any atom is 0.235 e. The number of anilines is 1. The molecule has 4 heterocycles. The van der Waals surface area contributed by atoms with Gasteiger partial charge in [-0.3, -0.25) is 9.20 Å². The predicted octanol–water partition coefficient (Wildman–Crippen LogP) is 2.93. The minimum Gasteiger partial charge on any atom is -0.375 e. The van der Waals surface area contributed by atoms with Gasteiger partial charge in [0.1, 0.15) is 11.6 Å². The number of aromatic nitrogens is 3. The Hall–Kier alpha value is -3.00. The Morgan fingerprint density at radius 1 is 1.23 bits per heavy atom. The van der Waals surface area contributed by atoms with Crippen molar-refractivity contribution in [3.63, 3.8) is 0 Å². The molecule has 8 heteroatoms. The highest BCUT2D eigenvalue weighted by atomic mass is 19.1. The van der Waals surface area contributed by atoms with Crippen molar-refractivity contribution in [3.05, 3.63) is 48.0 Å². The number of carbonyl (C=O) groups is 1. The van der Waals surface area contributed by atoms with Gasteiger partial charge in [-0.05, 0) is 43.5 Å². The van der Waals surface area contributed by atoms with Crippen LogP contribution in [0.25, 0.3) is 17.0 Å². The van der Waals surface area contributed by atoms with E-state index in [2.05, 4.69) is 21.8 Å².